The van der Waals surface area contributed by atoms with E-state index >= 15 is 0 Å². The highest BCUT2D eigenvalue weighted by molar-refractivity contribution is 5.94. The van der Waals surface area contributed by atoms with E-state index in [0.717, 1.165) is 22.1 Å². The monoisotopic (exact) mass is 397 g/mol. The summed E-state index contributed by atoms with van der Waals surface area (Å²) < 4.78 is 3.60. The Hall–Kier alpha value is -4.07. The predicted octanol–water partition coefficient (Wildman–Crippen LogP) is 3.19. The first-order chi connectivity index (χ1) is 14.8. The Morgan fingerprint density at radius 3 is 2.23 bits per heavy atom. The summed E-state index contributed by atoms with van der Waals surface area (Å²) in [6.45, 7) is 0.564. The lowest BCUT2D eigenvalue weighted by atomic mass is 10.2. The number of aryl methyl sites for hydroxylation is 1. The Morgan fingerprint density at radius 1 is 0.800 bits per heavy atom. The van der Waals surface area contributed by atoms with E-state index in [-0.39, 0.29) is 5.91 Å². The minimum atomic E-state index is -0.395. The number of aromatic nitrogens is 6. The second kappa shape index (κ2) is 7.75. The van der Waals surface area contributed by atoms with Crippen molar-refractivity contribution in [3.05, 3.63) is 84.4 Å². The molecule has 1 amide bonds. The molecule has 5 aromatic rings. The molecule has 8 nitrogen and oxygen atoms in total. The third kappa shape index (κ3) is 3.39. The zero-order valence-corrected chi connectivity index (χ0v) is 16.1. The van der Waals surface area contributed by atoms with Crippen LogP contribution >= 0.6 is 0 Å². The zero-order valence-electron chi connectivity index (χ0n) is 16.1. The number of fused-ring (bicyclic) bond motifs is 2. The van der Waals surface area contributed by atoms with Crippen LogP contribution in [0.15, 0.2) is 78.9 Å². The lowest BCUT2D eigenvalue weighted by molar-refractivity contribution is 0.0911. The van der Waals surface area contributed by atoms with Crippen molar-refractivity contribution in [1.29, 1.82) is 0 Å². The van der Waals surface area contributed by atoms with Crippen LogP contribution in [0.3, 0.4) is 0 Å². The molecule has 0 saturated heterocycles. The Balaban J connectivity index is 1.45. The highest BCUT2D eigenvalue weighted by Gasteiger charge is 2.19. The lowest BCUT2D eigenvalue weighted by Crippen LogP contribution is -2.34. The van der Waals surface area contributed by atoms with Crippen molar-refractivity contribution in [2.45, 2.75) is 19.1 Å². The van der Waals surface area contributed by atoms with Gasteiger partial charge in [0.25, 0.3) is 5.91 Å². The minimum Gasteiger partial charge on any atom is -0.330 e. The van der Waals surface area contributed by atoms with Crippen molar-refractivity contribution in [3.63, 3.8) is 0 Å². The summed E-state index contributed by atoms with van der Waals surface area (Å²) in [5.41, 5.74) is 4.03. The van der Waals surface area contributed by atoms with Gasteiger partial charge in [-0.2, -0.15) is 0 Å². The number of hydrogen-bond donors (Lipinski definition) is 1. The topological polar surface area (TPSA) is 90.5 Å². The summed E-state index contributed by atoms with van der Waals surface area (Å²) in [6, 6.07) is 24.7. The van der Waals surface area contributed by atoms with Crippen molar-refractivity contribution < 1.29 is 4.79 Å². The maximum atomic E-state index is 12.9. The summed E-state index contributed by atoms with van der Waals surface area (Å²) in [5, 5.41) is 20.1. The molecule has 0 aliphatic carbocycles. The number of benzene rings is 3. The van der Waals surface area contributed by atoms with Gasteiger partial charge in [0.15, 0.2) is 0 Å². The first kappa shape index (κ1) is 18.0. The molecule has 0 fully saturated rings. The average molecular weight is 397 g/mol. The van der Waals surface area contributed by atoms with Crippen LogP contribution in [0.1, 0.15) is 22.9 Å². The number of carbonyl (C=O) groups is 1. The normalized spacial score (nSPS) is 12.3. The van der Waals surface area contributed by atoms with Gasteiger partial charge in [0.1, 0.15) is 17.2 Å². The summed E-state index contributed by atoms with van der Waals surface area (Å²) in [5.74, 6) is -0.163. The summed E-state index contributed by atoms with van der Waals surface area (Å²) in [6.07, 6.45) is 0.173. The van der Waals surface area contributed by atoms with Crippen LogP contribution in [-0.4, -0.2) is 35.9 Å². The number of para-hydroxylation sites is 2. The van der Waals surface area contributed by atoms with Crippen LogP contribution in [0, 0.1) is 0 Å². The van der Waals surface area contributed by atoms with Gasteiger partial charge in [-0.05, 0) is 36.4 Å². The number of rotatable bonds is 6. The molecule has 0 unspecified atom stereocenters. The van der Waals surface area contributed by atoms with E-state index in [0.29, 0.717) is 18.5 Å². The summed E-state index contributed by atoms with van der Waals surface area (Å²) in [4.78, 5) is 12.9. The van der Waals surface area contributed by atoms with Crippen LogP contribution in [-0.2, 0) is 6.54 Å². The smallest absolute Gasteiger partial charge is 0.252 e. The van der Waals surface area contributed by atoms with E-state index in [1.807, 2.05) is 71.4 Å². The molecule has 0 radical (unpaired) electrons. The standard InChI is InChI=1S/C22H19N7O/c30-22(16-8-2-1-3-9-16)23-21(29-20-13-7-5-11-18(20)25-27-29)14-15-28-19-12-6-4-10-17(19)24-26-28/h1-13,21H,14-15H2,(H,23,30)/t21-/m1/s1. The van der Waals surface area contributed by atoms with Crippen molar-refractivity contribution in [3.8, 4) is 0 Å². The van der Waals surface area contributed by atoms with Gasteiger partial charge in [-0.3, -0.25) is 4.79 Å². The molecule has 0 aliphatic heterocycles. The van der Waals surface area contributed by atoms with Crippen LogP contribution in [0.25, 0.3) is 22.1 Å². The van der Waals surface area contributed by atoms with Gasteiger partial charge in [-0.15, -0.1) is 10.2 Å². The number of nitrogens with zero attached hydrogens (tertiary/aromatic N) is 6. The molecular weight excluding hydrogens is 378 g/mol. The van der Waals surface area contributed by atoms with E-state index in [9.17, 15) is 4.79 Å². The van der Waals surface area contributed by atoms with Crippen LogP contribution in [0.4, 0.5) is 0 Å². The van der Waals surface area contributed by atoms with Crippen LogP contribution < -0.4 is 5.32 Å². The molecule has 2 heterocycles. The molecule has 0 bridgehead atoms. The van der Waals surface area contributed by atoms with Crippen LogP contribution in [0.5, 0.6) is 0 Å². The van der Waals surface area contributed by atoms with Gasteiger partial charge in [0.2, 0.25) is 0 Å². The highest BCUT2D eigenvalue weighted by atomic mass is 16.1. The maximum absolute atomic E-state index is 12.9. The Morgan fingerprint density at radius 2 is 1.43 bits per heavy atom. The number of carbonyl (C=O) groups excluding carboxylic acids is 1. The SMILES string of the molecule is O=C(N[C@@H](CCn1nnc2ccccc21)n1nnc2ccccc21)c1ccccc1. The van der Waals surface area contributed by atoms with Gasteiger partial charge >= 0.3 is 0 Å². The zero-order chi connectivity index (χ0) is 20.3. The largest absolute Gasteiger partial charge is 0.330 e. The molecule has 0 saturated carbocycles. The Labute approximate surface area is 172 Å². The second-order valence-electron chi connectivity index (χ2n) is 6.97. The van der Waals surface area contributed by atoms with Gasteiger partial charge in [-0.1, -0.05) is 52.9 Å². The summed E-state index contributed by atoms with van der Waals surface area (Å²) >= 11 is 0. The lowest BCUT2D eigenvalue weighted by Gasteiger charge is -2.20. The van der Waals surface area contributed by atoms with Crippen molar-refractivity contribution in [2.24, 2.45) is 0 Å². The Bertz CT molecular complexity index is 1310. The van der Waals surface area contributed by atoms with Gasteiger partial charge < -0.3 is 5.32 Å². The first-order valence-corrected chi connectivity index (χ1v) is 9.74. The maximum Gasteiger partial charge on any atom is 0.252 e. The number of amides is 1. The molecule has 8 heteroatoms. The summed E-state index contributed by atoms with van der Waals surface area (Å²) in [7, 11) is 0. The fourth-order valence-electron chi connectivity index (χ4n) is 3.52. The van der Waals surface area contributed by atoms with E-state index in [1.54, 1.807) is 16.8 Å². The van der Waals surface area contributed by atoms with E-state index in [4.69, 9.17) is 0 Å². The third-order valence-electron chi connectivity index (χ3n) is 5.04. The molecular formula is C22H19N7O. The fourth-order valence-corrected chi connectivity index (χ4v) is 3.52. The van der Waals surface area contributed by atoms with Crippen LogP contribution in [0.2, 0.25) is 0 Å². The van der Waals surface area contributed by atoms with Gasteiger partial charge in [-0.25, -0.2) is 9.36 Å². The van der Waals surface area contributed by atoms with E-state index in [1.165, 1.54) is 0 Å². The van der Waals surface area contributed by atoms with Gasteiger partial charge in [0, 0.05) is 18.5 Å². The van der Waals surface area contributed by atoms with Crippen molar-refractivity contribution >= 4 is 28.0 Å². The average Bonchev–Trinajstić information content (AvgIpc) is 3.41. The predicted molar refractivity (Wildman–Crippen MR) is 113 cm³/mol. The van der Waals surface area contributed by atoms with Crippen molar-refractivity contribution in [2.75, 3.05) is 0 Å². The molecule has 5 rings (SSSR count). The molecule has 30 heavy (non-hydrogen) atoms. The number of nitrogens with one attached hydrogen (secondary N) is 1. The molecule has 0 spiro atoms. The molecule has 148 valence electrons. The molecule has 1 atom stereocenters. The molecule has 2 aromatic heterocycles. The fraction of sp³-hybridized carbons (Fsp3) is 0.136. The molecule has 0 aliphatic rings. The van der Waals surface area contributed by atoms with Gasteiger partial charge in [0.05, 0.1) is 11.0 Å². The quantitative estimate of drug-likeness (QED) is 0.475. The molecule has 3 aromatic carbocycles. The first-order valence-electron chi connectivity index (χ1n) is 9.74. The number of hydrogen-bond acceptors (Lipinski definition) is 5. The Kier molecular flexibility index (Phi) is 4.65. The van der Waals surface area contributed by atoms with E-state index in [2.05, 4.69) is 25.9 Å². The third-order valence-corrected chi connectivity index (χ3v) is 5.04. The van der Waals surface area contributed by atoms with Crippen molar-refractivity contribution in [1.82, 2.24) is 35.3 Å². The minimum absolute atomic E-state index is 0.163. The second-order valence-corrected chi connectivity index (χ2v) is 6.97. The van der Waals surface area contributed by atoms with E-state index < -0.39 is 6.17 Å². The highest BCUT2D eigenvalue weighted by Crippen LogP contribution is 2.19. The molecule has 1 N–H and O–H groups in total.